The van der Waals surface area contributed by atoms with Gasteiger partial charge in [0.25, 0.3) is 10.0 Å². The van der Waals surface area contributed by atoms with Crippen LogP contribution in [0.2, 0.25) is 0 Å². The van der Waals surface area contributed by atoms with Gasteiger partial charge in [-0.1, -0.05) is 6.07 Å². The van der Waals surface area contributed by atoms with Gasteiger partial charge in [0.2, 0.25) is 5.91 Å². The normalized spacial score (nSPS) is 17.8. The lowest BCUT2D eigenvalue weighted by Gasteiger charge is -2.22. The molecule has 3 N–H and O–H groups in total. The van der Waals surface area contributed by atoms with E-state index >= 15 is 0 Å². The van der Waals surface area contributed by atoms with Crippen LogP contribution in [0.4, 0.5) is 10.8 Å². The zero-order chi connectivity index (χ0) is 17.7. The fourth-order valence-corrected chi connectivity index (χ4v) is 5.16. The van der Waals surface area contributed by atoms with Crippen LogP contribution in [-0.2, 0) is 14.8 Å². The van der Waals surface area contributed by atoms with Crippen LogP contribution in [0.3, 0.4) is 0 Å². The molecule has 1 atom stereocenters. The number of aromatic nitrogens is 1. The summed E-state index contributed by atoms with van der Waals surface area (Å²) in [4.78, 5) is 16.2. The third-order valence-corrected chi connectivity index (χ3v) is 6.80. The van der Waals surface area contributed by atoms with E-state index in [1.54, 1.807) is 17.5 Å². The van der Waals surface area contributed by atoms with Crippen LogP contribution >= 0.6 is 23.1 Å². The van der Waals surface area contributed by atoms with Crippen LogP contribution in [-0.4, -0.2) is 43.4 Å². The van der Waals surface area contributed by atoms with Gasteiger partial charge in [-0.2, -0.15) is 11.8 Å². The van der Waals surface area contributed by atoms with Gasteiger partial charge in [0, 0.05) is 47.8 Å². The van der Waals surface area contributed by atoms with E-state index in [0.29, 0.717) is 17.2 Å². The Kier molecular flexibility index (Phi) is 5.94. The minimum Gasteiger partial charge on any atom is -0.326 e. The maximum Gasteiger partial charge on any atom is 0.263 e. The molecule has 1 fully saturated rings. The molecule has 3 rings (SSSR count). The number of amides is 1. The standard InChI is InChI=1S/C15H18N4O3S3/c20-14(9-12-10-23-6-4-16-12)18-11-2-1-3-13(8-11)25(21,22)19-15-17-5-7-24-15/h1-3,5,7-8,12,16H,4,6,9-10H2,(H,17,19)(H,18,20). The van der Waals surface area contributed by atoms with E-state index in [1.165, 1.54) is 29.7 Å². The number of hydrogen-bond acceptors (Lipinski definition) is 7. The van der Waals surface area contributed by atoms with Gasteiger partial charge < -0.3 is 10.6 Å². The molecule has 1 aliphatic heterocycles. The van der Waals surface area contributed by atoms with E-state index in [4.69, 9.17) is 0 Å². The van der Waals surface area contributed by atoms with Crippen molar-refractivity contribution in [3.05, 3.63) is 35.8 Å². The summed E-state index contributed by atoms with van der Waals surface area (Å²) in [6.07, 6.45) is 1.89. The van der Waals surface area contributed by atoms with Crippen molar-refractivity contribution >= 4 is 49.8 Å². The van der Waals surface area contributed by atoms with Crippen LogP contribution in [0.25, 0.3) is 0 Å². The number of nitrogens with zero attached hydrogens (tertiary/aromatic N) is 1. The summed E-state index contributed by atoms with van der Waals surface area (Å²) in [6.45, 7) is 0.902. The Morgan fingerprint density at radius 1 is 1.40 bits per heavy atom. The van der Waals surface area contributed by atoms with Crippen LogP contribution in [0, 0.1) is 0 Å². The first kappa shape index (κ1) is 18.2. The van der Waals surface area contributed by atoms with Gasteiger partial charge in [-0.3, -0.25) is 9.52 Å². The van der Waals surface area contributed by atoms with Gasteiger partial charge in [-0.15, -0.1) is 11.3 Å². The third-order valence-electron chi connectivity index (χ3n) is 3.51. The number of anilines is 2. The fourth-order valence-electron chi connectivity index (χ4n) is 2.38. The molecule has 1 aromatic heterocycles. The molecular formula is C15H18N4O3S3. The molecule has 0 spiro atoms. The van der Waals surface area contributed by atoms with Crippen molar-refractivity contribution < 1.29 is 13.2 Å². The van der Waals surface area contributed by atoms with Crippen molar-refractivity contribution in [1.29, 1.82) is 0 Å². The molecule has 1 unspecified atom stereocenters. The van der Waals surface area contributed by atoms with Gasteiger partial charge >= 0.3 is 0 Å². The summed E-state index contributed by atoms with van der Waals surface area (Å²) >= 11 is 3.02. The molecule has 2 aromatic rings. The van der Waals surface area contributed by atoms with Crippen LogP contribution in [0.1, 0.15) is 6.42 Å². The molecule has 0 bridgehead atoms. The second-order valence-corrected chi connectivity index (χ2v) is 9.18. The minimum atomic E-state index is -3.74. The SMILES string of the molecule is O=C(CC1CSCCN1)Nc1cccc(S(=O)(=O)Nc2nccs2)c1. The van der Waals surface area contributed by atoms with Crippen molar-refractivity contribution in [2.45, 2.75) is 17.4 Å². The highest BCUT2D eigenvalue weighted by atomic mass is 32.2. The molecular weight excluding hydrogens is 380 g/mol. The molecule has 0 saturated carbocycles. The van der Waals surface area contributed by atoms with Crippen LogP contribution in [0.15, 0.2) is 40.7 Å². The minimum absolute atomic E-state index is 0.0758. The highest BCUT2D eigenvalue weighted by molar-refractivity contribution is 7.99. The van der Waals surface area contributed by atoms with E-state index in [1.807, 2.05) is 11.8 Å². The number of rotatable bonds is 6. The molecule has 0 radical (unpaired) electrons. The zero-order valence-electron chi connectivity index (χ0n) is 13.3. The second-order valence-electron chi connectivity index (χ2n) is 5.45. The molecule has 25 heavy (non-hydrogen) atoms. The van der Waals surface area contributed by atoms with Gasteiger partial charge in [0.15, 0.2) is 5.13 Å². The smallest absolute Gasteiger partial charge is 0.263 e. The predicted octanol–water partition coefficient (Wildman–Crippen LogP) is 1.98. The summed E-state index contributed by atoms with van der Waals surface area (Å²) < 4.78 is 27.2. The molecule has 1 aliphatic rings. The quantitative estimate of drug-likeness (QED) is 0.688. The molecule has 1 saturated heterocycles. The topological polar surface area (TPSA) is 100 Å². The fraction of sp³-hybridized carbons (Fsp3) is 0.333. The van der Waals surface area contributed by atoms with E-state index in [9.17, 15) is 13.2 Å². The number of thioether (sulfide) groups is 1. The summed E-state index contributed by atoms with van der Waals surface area (Å²) in [5.41, 5.74) is 0.454. The number of sulfonamides is 1. The molecule has 1 aromatic carbocycles. The highest BCUT2D eigenvalue weighted by Gasteiger charge is 2.18. The Labute approximate surface area is 154 Å². The Balaban J connectivity index is 1.65. The second kappa shape index (κ2) is 8.17. The van der Waals surface area contributed by atoms with Gasteiger partial charge in [0.05, 0.1) is 4.90 Å². The lowest BCUT2D eigenvalue weighted by atomic mass is 10.2. The van der Waals surface area contributed by atoms with Crippen LogP contribution in [0.5, 0.6) is 0 Å². The van der Waals surface area contributed by atoms with E-state index in [-0.39, 0.29) is 16.8 Å². The largest absolute Gasteiger partial charge is 0.326 e. The highest BCUT2D eigenvalue weighted by Crippen LogP contribution is 2.21. The molecule has 7 nitrogen and oxygen atoms in total. The van der Waals surface area contributed by atoms with Gasteiger partial charge in [0.1, 0.15) is 0 Å². The lowest BCUT2D eigenvalue weighted by molar-refractivity contribution is -0.116. The Morgan fingerprint density at radius 3 is 3.00 bits per heavy atom. The number of nitrogens with one attached hydrogen (secondary N) is 3. The average molecular weight is 399 g/mol. The predicted molar refractivity (Wildman–Crippen MR) is 102 cm³/mol. The average Bonchev–Trinajstić information content (AvgIpc) is 3.08. The van der Waals surface area contributed by atoms with Crippen molar-refractivity contribution in [2.75, 3.05) is 28.1 Å². The maximum atomic E-state index is 12.4. The summed E-state index contributed by atoms with van der Waals surface area (Å²) in [5.74, 6) is 1.83. The monoisotopic (exact) mass is 398 g/mol. The lowest BCUT2D eigenvalue weighted by Crippen LogP contribution is -2.39. The number of carbonyl (C=O) groups is 1. The first-order valence-corrected chi connectivity index (χ1v) is 11.2. The van der Waals surface area contributed by atoms with Gasteiger partial charge in [-0.25, -0.2) is 13.4 Å². The first-order chi connectivity index (χ1) is 12.0. The van der Waals surface area contributed by atoms with Gasteiger partial charge in [-0.05, 0) is 18.2 Å². The number of thiazole rings is 1. The number of carbonyl (C=O) groups excluding carboxylic acids is 1. The molecule has 10 heteroatoms. The number of hydrogen-bond donors (Lipinski definition) is 3. The van der Waals surface area contributed by atoms with Crippen LogP contribution < -0.4 is 15.4 Å². The molecule has 1 amide bonds. The Hall–Kier alpha value is -1.62. The first-order valence-electron chi connectivity index (χ1n) is 7.66. The Bertz CT molecular complexity index is 818. The summed E-state index contributed by atoms with van der Waals surface area (Å²) in [7, 11) is -3.74. The van der Waals surface area contributed by atoms with Crippen molar-refractivity contribution in [3.63, 3.8) is 0 Å². The van der Waals surface area contributed by atoms with Crippen molar-refractivity contribution in [2.24, 2.45) is 0 Å². The third kappa shape index (κ3) is 5.18. The molecule has 134 valence electrons. The van der Waals surface area contributed by atoms with E-state index < -0.39 is 10.0 Å². The molecule has 0 aliphatic carbocycles. The Morgan fingerprint density at radius 2 is 2.28 bits per heavy atom. The van der Waals surface area contributed by atoms with Crippen molar-refractivity contribution in [1.82, 2.24) is 10.3 Å². The zero-order valence-corrected chi connectivity index (χ0v) is 15.7. The van der Waals surface area contributed by atoms with E-state index in [0.717, 1.165) is 18.1 Å². The number of benzene rings is 1. The van der Waals surface area contributed by atoms with Crippen molar-refractivity contribution in [3.8, 4) is 0 Å². The summed E-state index contributed by atoms with van der Waals surface area (Å²) in [5, 5.41) is 8.06. The maximum absolute atomic E-state index is 12.4. The summed E-state index contributed by atoms with van der Waals surface area (Å²) in [6, 6.07) is 6.34. The van der Waals surface area contributed by atoms with E-state index in [2.05, 4.69) is 20.3 Å². The molecule has 2 heterocycles.